The second kappa shape index (κ2) is 9.63. The summed E-state index contributed by atoms with van der Waals surface area (Å²) in [6.45, 7) is 0. The van der Waals surface area contributed by atoms with Gasteiger partial charge in [-0.05, 0) is 41.0 Å². The number of aromatic hydroxyl groups is 2. The molecule has 28 heavy (non-hydrogen) atoms. The smallest absolute Gasteiger partial charge is 0.123 e. The maximum absolute atomic E-state index is 9.64. The van der Waals surface area contributed by atoms with Crippen molar-refractivity contribution < 1.29 is 10.2 Å². The van der Waals surface area contributed by atoms with Gasteiger partial charge in [0.15, 0.2) is 0 Å². The number of benzene rings is 4. The third kappa shape index (κ3) is 5.38. The Balaban J connectivity index is 0.000000162. The van der Waals surface area contributed by atoms with E-state index in [1.54, 1.807) is 24.3 Å². The van der Waals surface area contributed by atoms with Gasteiger partial charge in [0.05, 0.1) is 0 Å². The first-order chi connectivity index (χ1) is 13.6. The number of hydrogen-bond donors (Lipinski definition) is 2. The highest BCUT2D eigenvalue weighted by Gasteiger charge is 2.03. The molecule has 0 saturated heterocycles. The lowest BCUT2D eigenvalue weighted by Crippen LogP contribution is -1.88. The van der Waals surface area contributed by atoms with Crippen LogP contribution in [-0.2, 0) is 6.42 Å². The van der Waals surface area contributed by atoms with E-state index in [2.05, 4.69) is 0 Å². The zero-order chi connectivity index (χ0) is 19.8. The van der Waals surface area contributed by atoms with Crippen molar-refractivity contribution in [2.45, 2.75) is 6.42 Å². The highest BCUT2D eigenvalue weighted by molar-refractivity contribution is 6.30. The number of para-hydroxylation sites is 1. The van der Waals surface area contributed by atoms with Gasteiger partial charge in [0.1, 0.15) is 11.5 Å². The summed E-state index contributed by atoms with van der Waals surface area (Å²) in [5, 5.41) is 19.9. The van der Waals surface area contributed by atoms with Crippen LogP contribution in [0.25, 0.3) is 11.1 Å². The Morgan fingerprint density at radius 3 is 1.89 bits per heavy atom. The lowest BCUT2D eigenvalue weighted by Gasteiger charge is -2.05. The summed E-state index contributed by atoms with van der Waals surface area (Å²) in [7, 11) is 0. The van der Waals surface area contributed by atoms with Crippen LogP contribution in [0, 0.1) is 0 Å². The fourth-order valence-corrected chi connectivity index (χ4v) is 3.04. The average molecular weight is 389 g/mol. The number of halogens is 1. The molecule has 0 amide bonds. The fourth-order valence-electron chi connectivity index (χ4n) is 2.85. The van der Waals surface area contributed by atoms with Crippen LogP contribution in [0.5, 0.6) is 11.5 Å². The maximum Gasteiger partial charge on any atom is 0.123 e. The summed E-state index contributed by atoms with van der Waals surface area (Å²) in [5.74, 6) is 0.622. The summed E-state index contributed by atoms with van der Waals surface area (Å²) in [5.41, 5.74) is 3.94. The Labute approximate surface area is 170 Å². The summed E-state index contributed by atoms with van der Waals surface area (Å²) in [6, 6.07) is 32.3. The molecule has 2 nitrogen and oxygen atoms in total. The fraction of sp³-hybridized carbons (Fsp3) is 0.0400. The molecule has 0 spiro atoms. The van der Waals surface area contributed by atoms with Crippen molar-refractivity contribution in [3.05, 3.63) is 119 Å². The highest BCUT2D eigenvalue weighted by Crippen LogP contribution is 2.27. The molecule has 0 aliphatic heterocycles. The predicted molar refractivity (Wildman–Crippen MR) is 116 cm³/mol. The summed E-state index contributed by atoms with van der Waals surface area (Å²) in [6.07, 6.45) is 0.702. The second-order valence-corrected chi connectivity index (χ2v) is 6.76. The Morgan fingerprint density at radius 2 is 1.21 bits per heavy atom. The van der Waals surface area contributed by atoms with Gasteiger partial charge in [0.2, 0.25) is 0 Å². The van der Waals surface area contributed by atoms with Crippen molar-refractivity contribution in [2.75, 3.05) is 0 Å². The van der Waals surface area contributed by atoms with E-state index >= 15 is 0 Å². The van der Waals surface area contributed by atoms with E-state index in [4.69, 9.17) is 11.6 Å². The number of hydrogen-bond acceptors (Lipinski definition) is 2. The third-order valence-electron chi connectivity index (χ3n) is 4.27. The topological polar surface area (TPSA) is 40.5 Å². The molecule has 4 aromatic carbocycles. The van der Waals surface area contributed by atoms with Crippen molar-refractivity contribution >= 4 is 11.6 Å². The van der Waals surface area contributed by atoms with Crippen LogP contribution in [0.1, 0.15) is 11.1 Å². The molecular formula is C25H21ClO2. The molecule has 0 heterocycles. The molecule has 0 aliphatic rings. The standard InChI is InChI=1S/C13H11ClO.C12H10O/c14-12-6-7-13(15)11(9-12)8-10-4-2-1-3-5-10;13-12-9-5-4-8-11(12)10-6-2-1-3-7-10/h1-7,9,15H,8H2;1-9,13H. The van der Waals surface area contributed by atoms with Crippen molar-refractivity contribution in [1.82, 2.24) is 0 Å². The number of rotatable bonds is 3. The molecule has 0 saturated carbocycles. The van der Waals surface area contributed by atoms with Gasteiger partial charge in [-0.25, -0.2) is 0 Å². The Kier molecular flexibility index (Phi) is 6.72. The minimum Gasteiger partial charge on any atom is -0.508 e. The average Bonchev–Trinajstić information content (AvgIpc) is 2.73. The van der Waals surface area contributed by atoms with Crippen molar-refractivity contribution in [3.8, 4) is 22.6 Å². The second-order valence-electron chi connectivity index (χ2n) is 6.32. The number of phenols is 2. The predicted octanol–water partition coefficient (Wildman–Crippen LogP) is 6.70. The molecule has 2 N–H and O–H groups in total. The molecular weight excluding hydrogens is 368 g/mol. The van der Waals surface area contributed by atoms with Crippen molar-refractivity contribution in [3.63, 3.8) is 0 Å². The van der Waals surface area contributed by atoms with Gasteiger partial charge >= 0.3 is 0 Å². The van der Waals surface area contributed by atoms with E-state index < -0.39 is 0 Å². The van der Waals surface area contributed by atoms with Gasteiger partial charge in [-0.15, -0.1) is 0 Å². The lowest BCUT2D eigenvalue weighted by molar-refractivity contribution is 0.469. The molecule has 0 radical (unpaired) electrons. The molecule has 4 aromatic rings. The van der Waals surface area contributed by atoms with E-state index in [0.717, 1.165) is 22.3 Å². The Bertz CT molecular complexity index is 1010. The molecule has 3 heteroatoms. The maximum atomic E-state index is 9.64. The first-order valence-electron chi connectivity index (χ1n) is 8.98. The molecule has 0 atom stereocenters. The molecule has 0 unspecified atom stereocenters. The van der Waals surface area contributed by atoms with Crippen LogP contribution in [-0.4, -0.2) is 10.2 Å². The lowest BCUT2D eigenvalue weighted by atomic mass is 10.0. The first-order valence-corrected chi connectivity index (χ1v) is 9.36. The monoisotopic (exact) mass is 388 g/mol. The van der Waals surface area contributed by atoms with Crippen LogP contribution in [0.15, 0.2) is 103 Å². The summed E-state index contributed by atoms with van der Waals surface area (Å²) >= 11 is 5.87. The van der Waals surface area contributed by atoms with Gasteiger partial charge in [-0.2, -0.15) is 0 Å². The summed E-state index contributed by atoms with van der Waals surface area (Å²) < 4.78 is 0. The quantitative estimate of drug-likeness (QED) is 0.410. The number of phenolic OH excluding ortho intramolecular Hbond substituents is 2. The van der Waals surface area contributed by atoms with Gasteiger partial charge in [0, 0.05) is 17.0 Å². The van der Waals surface area contributed by atoms with Crippen LogP contribution >= 0.6 is 11.6 Å². The minimum atomic E-state index is 0.295. The molecule has 140 valence electrons. The summed E-state index contributed by atoms with van der Waals surface area (Å²) in [4.78, 5) is 0. The van der Waals surface area contributed by atoms with Gasteiger partial charge < -0.3 is 10.2 Å². The van der Waals surface area contributed by atoms with Crippen LogP contribution in [0.2, 0.25) is 5.02 Å². The zero-order valence-corrected chi connectivity index (χ0v) is 16.1. The van der Waals surface area contributed by atoms with Crippen LogP contribution in [0.4, 0.5) is 0 Å². The Hall–Kier alpha value is -3.23. The SMILES string of the molecule is Oc1ccc(Cl)cc1Cc1ccccc1.Oc1ccccc1-c1ccccc1. The van der Waals surface area contributed by atoms with E-state index in [0.29, 0.717) is 22.9 Å². The molecule has 0 fully saturated rings. The van der Waals surface area contributed by atoms with Gasteiger partial charge in [-0.1, -0.05) is 90.5 Å². The zero-order valence-electron chi connectivity index (χ0n) is 15.3. The molecule has 0 aromatic heterocycles. The van der Waals surface area contributed by atoms with E-state index in [1.165, 1.54) is 0 Å². The third-order valence-corrected chi connectivity index (χ3v) is 4.50. The normalized spacial score (nSPS) is 10.0. The van der Waals surface area contributed by atoms with E-state index in [9.17, 15) is 10.2 Å². The van der Waals surface area contributed by atoms with E-state index in [-0.39, 0.29) is 0 Å². The van der Waals surface area contributed by atoms with Gasteiger partial charge in [0.25, 0.3) is 0 Å². The van der Waals surface area contributed by atoms with Gasteiger partial charge in [-0.3, -0.25) is 0 Å². The molecule has 4 rings (SSSR count). The first kappa shape index (κ1) is 19.5. The Morgan fingerprint density at radius 1 is 0.607 bits per heavy atom. The largest absolute Gasteiger partial charge is 0.508 e. The van der Waals surface area contributed by atoms with Crippen molar-refractivity contribution in [2.24, 2.45) is 0 Å². The highest BCUT2D eigenvalue weighted by atomic mass is 35.5. The van der Waals surface area contributed by atoms with Crippen LogP contribution < -0.4 is 0 Å². The molecule has 0 bridgehead atoms. The van der Waals surface area contributed by atoms with Crippen molar-refractivity contribution in [1.29, 1.82) is 0 Å². The molecule has 0 aliphatic carbocycles. The minimum absolute atomic E-state index is 0.295. The van der Waals surface area contributed by atoms with Crippen LogP contribution in [0.3, 0.4) is 0 Å². The van der Waals surface area contributed by atoms with E-state index in [1.807, 2.05) is 78.9 Å².